The number of benzene rings is 3. The van der Waals surface area contributed by atoms with Gasteiger partial charge in [0, 0.05) is 29.7 Å². The number of ether oxygens (including phenoxy) is 2. The van der Waals surface area contributed by atoms with Crippen molar-refractivity contribution in [2.45, 2.75) is 38.6 Å². The van der Waals surface area contributed by atoms with Crippen molar-refractivity contribution in [3.63, 3.8) is 0 Å². The van der Waals surface area contributed by atoms with E-state index < -0.39 is 11.2 Å². The van der Waals surface area contributed by atoms with Crippen molar-refractivity contribution in [3.05, 3.63) is 99.6 Å². The first-order valence-corrected chi connectivity index (χ1v) is 10.6. The molecule has 5 rings (SSSR count). The number of hydrogen-bond acceptors (Lipinski definition) is 6. The van der Waals surface area contributed by atoms with Gasteiger partial charge in [0.05, 0.1) is 22.8 Å². The van der Waals surface area contributed by atoms with Gasteiger partial charge in [-0.15, -0.1) is 0 Å². The molecule has 0 bridgehead atoms. The van der Waals surface area contributed by atoms with Gasteiger partial charge < -0.3 is 9.47 Å². The number of para-hydroxylation sites is 1. The summed E-state index contributed by atoms with van der Waals surface area (Å²) in [5.41, 5.74) is 3.76. The first kappa shape index (κ1) is 20.1. The fraction of sp³-hybridized carbons (Fsp3) is 0.240. The standard InChI is InChI=1S/C25H23N3O4/c1-16(2)31-20-12-10-17(11-13-20)22-15-23-21-8-3-4-9-24(21)32-25(27(23)26-22)18-6-5-7-19(14-18)28(29)30/h3-14,16,23,25H,15H2,1-2H3/t23-,25+/m1/s1. The van der Waals surface area contributed by atoms with E-state index in [1.165, 1.54) is 6.07 Å². The van der Waals surface area contributed by atoms with E-state index in [-0.39, 0.29) is 17.8 Å². The van der Waals surface area contributed by atoms with Crippen molar-refractivity contribution >= 4 is 11.4 Å². The fourth-order valence-corrected chi connectivity index (χ4v) is 4.22. The van der Waals surface area contributed by atoms with E-state index in [1.807, 2.05) is 67.4 Å². The van der Waals surface area contributed by atoms with Crippen molar-refractivity contribution in [2.75, 3.05) is 0 Å². The largest absolute Gasteiger partial charge is 0.491 e. The van der Waals surface area contributed by atoms with E-state index in [2.05, 4.69) is 6.07 Å². The highest BCUT2D eigenvalue weighted by molar-refractivity contribution is 6.02. The molecule has 0 N–H and O–H groups in total. The Morgan fingerprint density at radius 1 is 1.09 bits per heavy atom. The van der Waals surface area contributed by atoms with Crippen LogP contribution in [0.4, 0.5) is 5.69 Å². The predicted octanol–water partition coefficient (Wildman–Crippen LogP) is 5.62. The van der Waals surface area contributed by atoms with Gasteiger partial charge in [0.1, 0.15) is 11.5 Å². The maximum atomic E-state index is 11.3. The smallest absolute Gasteiger partial charge is 0.269 e. The molecule has 0 aromatic heterocycles. The Bertz CT molecular complexity index is 1190. The number of nitrogens with zero attached hydrogens (tertiary/aromatic N) is 3. The quantitative estimate of drug-likeness (QED) is 0.388. The monoisotopic (exact) mass is 429 g/mol. The molecule has 7 nitrogen and oxygen atoms in total. The third-order valence-electron chi connectivity index (χ3n) is 5.62. The lowest BCUT2D eigenvalue weighted by Crippen LogP contribution is -2.33. The van der Waals surface area contributed by atoms with Crippen LogP contribution < -0.4 is 9.47 Å². The lowest BCUT2D eigenvalue weighted by molar-refractivity contribution is -0.385. The first-order chi connectivity index (χ1) is 15.5. The molecule has 0 spiro atoms. The number of fused-ring (bicyclic) bond motifs is 3. The summed E-state index contributed by atoms with van der Waals surface area (Å²) in [6, 6.07) is 22.4. The van der Waals surface area contributed by atoms with Crippen LogP contribution in [0.1, 0.15) is 49.2 Å². The number of hydrazone groups is 1. The summed E-state index contributed by atoms with van der Waals surface area (Å²) in [5, 5.41) is 18.1. The van der Waals surface area contributed by atoms with E-state index in [4.69, 9.17) is 14.6 Å². The zero-order chi connectivity index (χ0) is 22.2. The molecule has 0 saturated heterocycles. The summed E-state index contributed by atoms with van der Waals surface area (Å²) < 4.78 is 12.0. The van der Waals surface area contributed by atoms with Crippen molar-refractivity contribution in [1.29, 1.82) is 0 Å². The Hall–Kier alpha value is -3.87. The van der Waals surface area contributed by atoms with Crippen LogP contribution in [0.2, 0.25) is 0 Å². The maximum Gasteiger partial charge on any atom is 0.269 e. The lowest BCUT2D eigenvalue weighted by atomic mass is 9.96. The SMILES string of the molecule is CC(C)Oc1ccc(C2=NN3[C@H](C2)c2ccccc2O[C@H]3c2cccc([N+](=O)[O-])c2)cc1. The Labute approximate surface area is 186 Å². The summed E-state index contributed by atoms with van der Waals surface area (Å²) in [5.74, 6) is 1.60. The zero-order valence-corrected chi connectivity index (χ0v) is 17.8. The Morgan fingerprint density at radius 3 is 2.62 bits per heavy atom. The topological polar surface area (TPSA) is 77.2 Å². The Kier molecular flexibility index (Phi) is 5.01. The Morgan fingerprint density at radius 2 is 1.88 bits per heavy atom. The van der Waals surface area contributed by atoms with Gasteiger partial charge in [-0.3, -0.25) is 10.1 Å². The number of non-ortho nitro benzene ring substituents is 1. The molecular formula is C25H23N3O4. The normalized spacial score (nSPS) is 19.1. The summed E-state index contributed by atoms with van der Waals surface area (Å²) in [6.45, 7) is 4.00. The molecule has 3 aromatic carbocycles. The number of rotatable bonds is 5. The van der Waals surface area contributed by atoms with Gasteiger partial charge in [-0.05, 0) is 49.7 Å². The van der Waals surface area contributed by atoms with Gasteiger partial charge in [0.25, 0.3) is 5.69 Å². The van der Waals surface area contributed by atoms with Gasteiger partial charge >= 0.3 is 0 Å². The minimum Gasteiger partial charge on any atom is -0.491 e. The second-order valence-corrected chi connectivity index (χ2v) is 8.20. The molecule has 2 aliphatic rings. The van der Waals surface area contributed by atoms with Crippen LogP contribution >= 0.6 is 0 Å². The molecule has 162 valence electrons. The van der Waals surface area contributed by atoms with Crippen molar-refractivity contribution < 1.29 is 14.4 Å². The second-order valence-electron chi connectivity index (χ2n) is 8.20. The molecule has 0 radical (unpaired) electrons. The van der Waals surface area contributed by atoms with Gasteiger partial charge in [-0.1, -0.05) is 30.3 Å². The molecule has 7 heteroatoms. The minimum absolute atomic E-state index is 0.00852. The molecule has 0 fully saturated rings. The number of nitro groups is 1. The molecule has 2 aliphatic heterocycles. The molecule has 0 saturated carbocycles. The van der Waals surface area contributed by atoms with Crippen LogP contribution in [0.15, 0.2) is 77.9 Å². The highest BCUT2D eigenvalue weighted by Crippen LogP contribution is 2.47. The summed E-state index contributed by atoms with van der Waals surface area (Å²) in [6.07, 6.45) is 0.287. The van der Waals surface area contributed by atoms with Gasteiger partial charge in [-0.25, -0.2) is 5.01 Å². The highest BCUT2D eigenvalue weighted by Gasteiger charge is 2.41. The molecule has 2 atom stereocenters. The molecule has 3 aromatic rings. The first-order valence-electron chi connectivity index (χ1n) is 10.6. The molecular weight excluding hydrogens is 406 g/mol. The number of hydrogen-bond donors (Lipinski definition) is 0. The lowest BCUT2D eigenvalue weighted by Gasteiger charge is -2.38. The third kappa shape index (κ3) is 3.66. The van der Waals surface area contributed by atoms with Crippen molar-refractivity contribution in [1.82, 2.24) is 5.01 Å². The van der Waals surface area contributed by atoms with E-state index >= 15 is 0 Å². The van der Waals surface area contributed by atoms with Gasteiger partial charge in [0.15, 0.2) is 0 Å². The highest BCUT2D eigenvalue weighted by atomic mass is 16.6. The van der Waals surface area contributed by atoms with Gasteiger partial charge in [-0.2, -0.15) is 5.10 Å². The van der Waals surface area contributed by atoms with E-state index in [0.717, 1.165) is 34.8 Å². The van der Waals surface area contributed by atoms with Crippen LogP contribution in [0.5, 0.6) is 11.5 Å². The molecule has 32 heavy (non-hydrogen) atoms. The predicted molar refractivity (Wildman–Crippen MR) is 121 cm³/mol. The maximum absolute atomic E-state index is 11.3. The van der Waals surface area contributed by atoms with Crippen LogP contribution in [-0.4, -0.2) is 21.7 Å². The molecule has 0 unspecified atom stereocenters. The zero-order valence-electron chi connectivity index (χ0n) is 17.8. The minimum atomic E-state index is -0.546. The average molecular weight is 429 g/mol. The summed E-state index contributed by atoms with van der Waals surface area (Å²) in [4.78, 5) is 10.9. The van der Waals surface area contributed by atoms with Crippen LogP contribution in [-0.2, 0) is 0 Å². The van der Waals surface area contributed by atoms with E-state index in [0.29, 0.717) is 5.56 Å². The molecule has 0 amide bonds. The summed E-state index contributed by atoms with van der Waals surface area (Å²) in [7, 11) is 0. The fourth-order valence-electron chi connectivity index (χ4n) is 4.22. The van der Waals surface area contributed by atoms with Crippen LogP contribution in [0, 0.1) is 10.1 Å². The third-order valence-corrected chi connectivity index (χ3v) is 5.62. The second kappa shape index (κ2) is 8.00. The molecule has 2 heterocycles. The van der Waals surface area contributed by atoms with Crippen molar-refractivity contribution in [2.24, 2.45) is 5.10 Å². The number of nitro benzene ring substituents is 1. The average Bonchev–Trinajstić information content (AvgIpc) is 3.24. The van der Waals surface area contributed by atoms with Gasteiger partial charge in [0.2, 0.25) is 6.23 Å². The van der Waals surface area contributed by atoms with E-state index in [1.54, 1.807) is 12.1 Å². The summed E-state index contributed by atoms with van der Waals surface area (Å²) >= 11 is 0. The van der Waals surface area contributed by atoms with Crippen molar-refractivity contribution in [3.8, 4) is 11.5 Å². The Balaban J connectivity index is 1.52. The van der Waals surface area contributed by atoms with Crippen LogP contribution in [0.3, 0.4) is 0 Å². The van der Waals surface area contributed by atoms with Crippen LogP contribution in [0.25, 0.3) is 0 Å². The molecule has 0 aliphatic carbocycles. The van der Waals surface area contributed by atoms with E-state index in [9.17, 15) is 10.1 Å².